The van der Waals surface area contributed by atoms with Crippen molar-refractivity contribution in [1.82, 2.24) is 0 Å². The van der Waals surface area contributed by atoms with Gasteiger partial charge in [-0.25, -0.2) is 0 Å². The molecule has 1 aliphatic rings. The summed E-state index contributed by atoms with van der Waals surface area (Å²) in [6, 6.07) is 8.55. The summed E-state index contributed by atoms with van der Waals surface area (Å²) in [7, 11) is 0. The second kappa shape index (κ2) is 4.69. The normalized spacial score (nSPS) is 23.8. The minimum absolute atomic E-state index is 0.143. The Bertz CT molecular complexity index is 386. The third-order valence-corrected chi connectivity index (χ3v) is 3.88. The van der Waals surface area contributed by atoms with Crippen LogP contribution in [-0.4, -0.2) is 23.3 Å². The Balaban J connectivity index is 2.36. The van der Waals surface area contributed by atoms with E-state index >= 15 is 0 Å². The fourth-order valence-corrected chi connectivity index (χ4v) is 2.70. The summed E-state index contributed by atoms with van der Waals surface area (Å²) in [6.45, 7) is 7.48. The van der Waals surface area contributed by atoms with Crippen LogP contribution in [0.2, 0.25) is 0 Å². The molecule has 0 saturated carbocycles. The third kappa shape index (κ3) is 2.47. The molecule has 94 valence electrons. The van der Waals surface area contributed by atoms with E-state index in [-0.39, 0.29) is 11.6 Å². The molecular weight excluding hydrogens is 210 g/mol. The number of hydrogen-bond acceptors (Lipinski definition) is 2. The van der Waals surface area contributed by atoms with Gasteiger partial charge in [0, 0.05) is 17.8 Å². The van der Waals surface area contributed by atoms with Gasteiger partial charge >= 0.3 is 0 Å². The molecular formula is C15H23NO. The molecule has 0 bridgehead atoms. The van der Waals surface area contributed by atoms with Crippen molar-refractivity contribution in [3.63, 3.8) is 0 Å². The zero-order chi connectivity index (χ0) is 12.5. The Hall–Kier alpha value is -1.02. The van der Waals surface area contributed by atoms with Gasteiger partial charge in [0.15, 0.2) is 0 Å². The van der Waals surface area contributed by atoms with Gasteiger partial charge in [-0.05, 0) is 44.7 Å². The number of nitrogens with zero attached hydrogens (tertiary/aromatic N) is 1. The highest BCUT2D eigenvalue weighted by atomic mass is 16.3. The average molecular weight is 233 g/mol. The van der Waals surface area contributed by atoms with Crippen LogP contribution >= 0.6 is 0 Å². The summed E-state index contributed by atoms with van der Waals surface area (Å²) in [4.78, 5) is 2.38. The van der Waals surface area contributed by atoms with Crippen molar-refractivity contribution in [2.45, 2.75) is 51.7 Å². The number of anilines is 1. The van der Waals surface area contributed by atoms with Crippen LogP contribution in [0.3, 0.4) is 0 Å². The second-order valence-corrected chi connectivity index (χ2v) is 5.60. The third-order valence-electron chi connectivity index (χ3n) is 3.88. The molecule has 1 heterocycles. The molecule has 0 aliphatic carbocycles. The number of piperidine rings is 1. The lowest BCUT2D eigenvalue weighted by atomic mass is 9.88. The number of para-hydroxylation sites is 1. The fraction of sp³-hybridized carbons (Fsp3) is 0.600. The van der Waals surface area contributed by atoms with E-state index in [1.165, 1.54) is 11.3 Å². The zero-order valence-electron chi connectivity index (χ0n) is 11.1. The number of β-amino-alcohol motifs (C(OH)–C–C–N with tert-alkyl or cyclic N) is 1. The number of aryl methyl sites for hydroxylation is 1. The van der Waals surface area contributed by atoms with E-state index in [4.69, 9.17) is 0 Å². The Kier molecular flexibility index (Phi) is 3.43. The first-order valence-electron chi connectivity index (χ1n) is 6.58. The van der Waals surface area contributed by atoms with Gasteiger partial charge in [-0.3, -0.25) is 0 Å². The topological polar surface area (TPSA) is 23.5 Å². The summed E-state index contributed by atoms with van der Waals surface area (Å²) in [6.07, 6.45) is 2.82. The first-order chi connectivity index (χ1) is 8.04. The van der Waals surface area contributed by atoms with Crippen LogP contribution in [0.25, 0.3) is 0 Å². The predicted octanol–water partition coefficient (Wildman–Crippen LogP) is 2.99. The maximum atomic E-state index is 9.90. The smallest absolute Gasteiger partial charge is 0.0716 e. The number of aliphatic hydroxyl groups is 1. The van der Waals surface area contributed by atoms with Gasteiger partial charge in [-0.2, -0.15) is 0 Å². The summed E-state index contributed by atoms with van der Waals surface area (Å²) >= 11 is 0. The molecule has 2 heteroatoms. The minimum Gasteiger partial charge on any atom is -0.391 e. The molecule has 1 N–H and O–H groups in total. The van der Waals surface area contributed by atoms with Crippen LogP contribution in [-0.2, 0) is 6.42 Å². The Morgan fingerprint density at radius 3 is 2.76 bits per heavy atom. The standard InChI is InChI=1S/C15H23NO/c1-4-12-7-5-6-8-14(12)16-11-13(17)9-10-15(16,2)3/h5-8,13,17H,4,9-11H2,1-3H3. The molecule has 0 aromatic heterocycles. The highest BCUT2D eigenvalue weighted by molar-refractivity contribution is 5.56. The summed E-state index contributed by atoms with van der Waals surface area (Å²) in [5.74, 6) is 0. The zero-order valence-corrected chi connectivity index (χ0v) is 11.1. The number of rotatable bonds is 2. The van der Waals surface area contributed by atoms with Crippen molar-refractivity contribution in [3.05, 3.63) is 29.8 Å². The molecule has 1 unspecified atom stereocenters. The van der Waals surface area contributed by atoms with Crippen LogP contribution < -0.4 is 4.90 Å². The quantitative estimate of drug-likeness (QED) is 0.849. The Labute approximate surface area is 104 Å². The van der Waals surface area contributed by atoms with Crippen LogP contribution in [0.15, 0.2) is 24.3 Å². The van der Waals surface area contributed by atoms with E-state index in [1.807, 2.05) is 0 Å². The molecule has 0 amide bonds. The SMILES string of the molecule is CCc1ccccc1N1CC(O)CCC1(C)C. The van der Waals surface area contributed by atoms with E-state index in [0.717, 1.165) is 25.8 Å². The Morgan fingerprint density at radius 1 is 1.35 bits per heavy atom. The van der Waals surface area contributed by atoms with E-state index in [0.29, 0.717) is 0 Å². The Morgan fingerprint density at radius 2 is 2.06 bits per heavy atom. The summed E-state index contributed by atoms with van der Waals surface area (Å²) < 4.78 is 0. The minimum atomic E-state index is -0.187. The summed E-state index contributed by atoms with van der Waals surface area (Å²) in [5, 5.41) is 9.90. The van der Waals surface area contributed by atoms with E-state index in [1.54, 1.807) is 0 Å². The largest absolute Gasteiger partial charge is 0.391 e. The molecule has 1 atom stereocenters. The fourth-order valence-electron chi connectivity index (χ4n) is 2.70. The molecule has 1 saturated heterocycles. The maximum absolute atomic E-state index is 9.90. The first kappa shape index (κ1) is 12.4. The summed E-state index contributed by atoms with van der Waals surface area (Å²) in [5.41, 5.74) is 2.80. The van der Waals surface area contributed by atoms with E-state index < -0.39 is 0 Å². The van der Waals surface area contributed by atoms with E-state index in [9.17, 15) is 5.11 Å². The van der Waals surface area contributed by atoms with Crippen molar-refractivity contribution in [2.75, 3.05) is 11.4 Å². The highest BCUT2D eigenvalue weighted by Gasteiger charge is 2.34. The number of aliphatic hydroxyl groups excluding tert-OH is 1. The number of hydrogen-bond donors (Lipinski definition) is 1. The van der Waals surface area contributed by atoms with Gasteiger partial charge < -0.3 is 10.0 Å². The molecule has 2 nitrogen and oxygen atoms in total. The maximum Gasteiger partial charge on any atom is 0.0716 e. The van der Waals surface area contributed by atoms with Gasteiger partial charge in [0.2, 0.25) is 0 Å². The monoisotopic (exact) mass is 233 g/mol. The van der Waals surface area contributed by atoms with Crippen LogP contribution in [0.4, 0.5) is 5.69 Å². The molecule has 1 fully saturated rings. The molecule has 1 aromatic rings. The lowest BCUT2D eigenvalue weighted by molar-refractivity contribution is 0.126. The first-order valence-corrected chi connectivity index (χ1v) is 6.58. The van der Waals surface area contributed by atoms with Crippen LogP contribution in [0.5, 0.6) is 0 Å². The predicted molar refractivity (Wildman–Crippen MR) is 72.5 cm³/mol. The van der Waals surface area contributed by atoms with Crippen molar-refractivity contribution in [3.8, 4) is 0 Å². The molecule has 1 aromatic carbocycles. The van der Waals surface area contributed by atoms with Crippen LogP contribution in [0.1, 0.15) is 39.2 Å². The van der Waals surface area contributed by atoms with Gasteiger partial charge in [-0.1, -0.05) is 25.1 Å². The number of benzene rings is 1. The molecule has 0 spiro atoms. The lowest BCUT2D eigenvalue weighted by Gasteiger charge is -2.46. The molecule has 0 radical (unpaired) electrons. The van der Waals surface area contributed by atoms with Crippen LogP contribution in [0, 0.1) is 0 Å². The van der Waals surface area contributed by atoms with Gasteiger partial charge in [0.25, 0.3) is 0 Å². The van der Waals surface area contributed by atoms with Crippen molar-refractivity contribution in [2.24, 2.45) is 0 Å². The highest BCUT2D eigenvalue weighted by Crippen LogP contribution is 2.34. The van der Waals surface area contributed by atoms with E-state index in [2.05, 4.69) is 49.9 Å². The van der Waals surface area contributed by atoms with Crippen molar-refractivity contribution in [1.29, 1.82) is 0 Å². The molecule has 17 heavy (non-hydrogen) atoms. The second-order valence-electron chi connectivity index (χ2n) is 5.60. The molecule has 1 aliphatic heterocycles. The van der Waals surface area contributed by atoms with Crippen molar-refractivity contribution >= 4 is 5.69 Å². The average Bonchev–Trinajstić information content (AvgIpc) is 2.32. The molecule has 2 rings (SSSR count). The van der Waals surface area contributed by atoms with Gasteiger partial charge in [0.05, 0.1) is 6.10 Å². The van der Waals surface area contributed by atoms with Crippen molar-refractivity contribution < 1.29 is 5.11 Å². The van der Waals surface area contributed by atoms with Gasteiger partial charge in [-0.15, -0.1) is 0 Å². The lowest BCUT2D eigenvalue weighted by Crippen LogP contribution is -2.52. The van der Waals surface area contributed by atoms with Gasteiger partial charge in [0.1, 0.15) is 0 Å².